The number of rotatable bonds is 12. The zero-order valence-electron chi connectivity index (χ0n) is 18.1. The first-order valence-electron chi connectivity index (χ1n) is 11.0. The van der Waals surface area contributed by atoms with E-state index in [2.05, 4.69) is 16.6 Å². The first kappa shape index (κ1) is 23.5. The lowest BCUT2D eigenvalue weighted by molar-refractivity contribution is -0.969. The Bertz CT molecular complexity index is 829. The van der Waals surface area contributed by atoms with E-state index in [1.54, 1.807) is 6.07 Å². The van der Waals surface area contributed by atoms with Crippen LogP contribution in [0.4, 0.5) is 4.39 Å². The van der Waals surface area contributed by atoms with Crippen molar-refractivity contribution < 1.29 is 28.8 Å². The SMILES string of the molecule is C#CCOC[C@@H](O)C[NH+](CC[NH+]1CCOCC1)Cc1cccn1Cc1ccccc1F. The van der Waals surface area contributed by atoms with Crippen molar-refractivity contribution in [3.8, 4) is 12.3 Å². The third-order valence-corrected chi connectivity index (χ3v) is 5.71. The molecule has 6 nitrogen and oxygen atoms in total. The van der Waals surface area contributed by atoms with Gasteiger partial charge in [-0.15, -0.1) is 6.42 Å². The zero-order valence-corrected chi connectivity index (χ0v) is 18.1. The van der Waals surface area contributed by atoms with Gasteiger partial charge in [-0.3, -0.25) is 0 Å². The maximum absolute atomic E-state index is 14.1. The number of nitrogens with one attached hydrogen (secondary N) is 2. The minimum atomic E-state index is -0.585. The molecule has 1 saturated heterocycles. The lowest BCUT2D eigenvalue weighted by Crippen LogP contribution is -3.21. The number of hydrogen-bond acceptors (Lipinski definition) is 3. The van der Waals surface area contributed by atoms with Crippen molar-refractivity contribution in [3.05, 3.63) is 59.7 Å². The van der Waals surface area contributed by atoms with Crippen LogP contribution in [0.1, 0.15) is 11.3 Å². The molecular formula is C24H34FN3O3+2. The standard InChI is InChI=1S/C24H32FN3O3/c1-2-14-31-20-23(29)19-27(11-10-26-12-15-30-16-13-26)18-22-7-5-9-28(22)17-21-6-3-4-8-24(21)25/h1,3-9,23,29H,10-20H2/p+2/t23-/m0/s1. The van der Waals surface area contributed by atoms with Crippen molar-refractivity contribution in [2.75, 3.05) is 59.2 Å². The van der Waals surface area contributed by atoms with E-state index in [0.717, 1.165) is 51.6 Å². The van der Waals surface area contributed by atoms with Crippen LogP contribution in [0.5, 0.6) is 0 Å². The van der Waals surface area contributed by atoms with Crippen LogP contribution in [0.15, 0.2) is 42.6 Å². The van der Waals surface area contributed by atoms with Crippen LogP contribution in [-0.4, -0.2) is 74.9 Å². The van der Waals surface area contributed by atoms with Gasteiger partial charge in [-0.05, 0) is 18.2 Å². The van der Waals surface area contributed by atoms with Crippen molar-refractivity contribution in [1.82, 2.24) is 4.57 Å². The summed E-state index contributed by atoms with van der Waals surface area (Å²) in [5.41, 5.74) is 1.79. The highest BCUT2D eigenvalue weighted by molar-refractivity contribution is 5.19. The fourth-order valence-electron chi connectivity index (χ4n) is 4.00. The number of ether oxygens (including phenoxy) is 2. The Kier molecular flexibility index (Phi) is 9.53. The molecule has 7 heteroatoms. The van der Waals surface area contributed by atoms with Gasteiger partial charge in [0.05, 0.1) is 32.1 Å². The summed E-state index contributed by atoms with van der Waals surface area (Å²) in [7, 11) is 0. The molecule has 0 bridgehead atoms. The van der Waals surface area contributed by atoms with Gasteiger partial charge in [0.2, 0.25) is 0 Å². The number of halogens is 1. The summed E-state index contributed by atoms with van der Waals surface area (Å²) >= 11 is 0. The maximum Gasteiger partial charge on any atom is 0.128 e. The number of morpholine rings is 1. The van der Waals surface area contributed by atoms with Crippen LogP contribution in [0.2, 0.25) is 0 Å². The van der Waals surface area contributed by atoms with Crippen molar-refractivity contribution in [1.29, 1.82) is 0 Å². The molecule has 3 rings (SSSR count). The molecule has 2 atom stereocenters. The summed E-state index contributed by atoms with van der Waals surface area (Å²) in [6.07, 6.45) is 6.62. The second-order valence-electron chi connectivity index (χ2n) is 8.09. The molecule has 31 heavy (non-hydrogen) atoms. The highest BCUT2D eigenvalue weighted by Gasteiger charge is 2.21. The molecule has 168 valence electrons. The first-order chi connectivity index (χ1) is 15.2. The van der Waals surface area contributed by atoms with E-state index in [-0.39, 0.29) is 19.0 Å². The predicted molar refractivity (Wildman–Crippen MR) is 116 cm³/mol. The van der Waals surface area contributed by atoms with E-state index in [0.29, 0.717) is 18.7 Å². The van der Waals surface area contributed by atoms with Crippen LogP contribution >= 0.6 is 0 Å². The molecule has 1 unspecified atom stereocenters. The average molecular weight is 432 g/mol. The minimum absolute atomic E-state index is 0.191. The minimum Gasteiger partial charge on any atom is -0.385 e. The molecular weight excluding hydrogens is 397 g/mol. The maximum atomic E-state index is 14.1. The number of aliphatic hydroxyl groups is 1. The topological polar surface area (TPSA) is 52.5 Å². The summed E-state index contributed by atoms with van der Waals surface area (Å²) in [5, 5.41) is 10.5. The van der Waals surface area contributed by atoms with Crippen molar-refractivity contribution in [2.45, 2.75) is 19.2 Å². The van der Waals surface area contributed by atoms with Crippen LogP contribution in [0, 0.1) is 18.2 Å². The monoisotopic (exact) mass is 431 g/mol. The van der Waals surface area contributed by atoms with E-state index in [1.165, 1.54) is 15.9 Å². The first-order valence-corrected chi connectivity index (χ1v) is 11.0. The molecule has 1 aromatic carbocycles. The number of aliphatic hydroxyl groups excluding tert-OH is 1. The number of nitrogens with zero attached hydrogens (tertiary/aromatic N) is 1. The Hall–Kier alpha value is -2.21. The molecule has 1 aliphatic rings. The van der Waals surface area contributed by atoms with E-state index in [9.17, 15) is 9.50 Å². The van der Waals surface area contributed by atoms with E-state index in [1.807, 2.05) is 24.4 Å². The highest BCUT2D eigenvalue weighted by Crippen LogP contribution is 2.11. The molecule has 3 N–H and O–H groups in total. The summed E-state index contributed by atoms with van der Waals surface area (Å²) in [4.78, 5) is 2.80. The van der Waals surface area contributed by atoms with Crippen molar-refractivity contribution in [2.24, 2.45) is 0 Å². The molecule has 1 aromatic heterocycles. The second-order valence-corrected chi connectivity index (χ2v) is 8.09. The lowest BCUT2D eigenvalue weighted by Gasteiger charge is -2.27. The van der Waals surface area contributed by atoms with Gasteiger partial charge in [0, 0.05) is 11.8 Å². The van der Waals surface area contributed by atoms with Gasteiger partial charge < -0.3 is 28.9 Å². The average Bonchev–Trinajstić information content (AvgIpc) is 3.21. The number of hydrogen-bond donors (Lipinski definition) is 3. The molecule has 0 spiro atoms. The number of benzene rings is 1. The largest absolute Gasteiger partial charge is 0.385 e. The van der Waals surface area contributed by atoms with Gasteiger partial charge in [-0.2, -0.15) is 0 Å². The fraction of sp³-hybridized carbons (Fsp3) is 0.500. The predicted octanol–water partition coefficient (Wildman–Crippen LogP) is -1.01. The normalized spacial score (nSPS) is 16.7. The molecule has 2 heterocycles. The van der Waals surface area contributed by atoms with Gasteiger partial charge in [0.1, 0.15) is 57.8 Å². The number of quaternary nitrogens is 2. The smallest absolute Gasteiger partial charge is 0.128 e. The highest BCUT2D eigenvalue weighted by atomic mass is 19.1. The Labute approximate surface area is 184 Å². The third-order valence-electron chi connectivity index (χ3n) is 5.71. The lowest BCUT2D eigenvalue weighted by atomic mass is 10.2. The van der Waals surface area contributed by atoms with Gasteiger partial charge in [0.15, 0.2) is 0 Å². The van der Waals surface area contributed by atoms with E-state index >= 15 is 0 Å². The number of aromatic nitrogens is 1. The molecule has 1 aliphatic heterocycles. The summed E-state index contributed by atoms with van der Waals surface area (Å²) in [5.74, 6) is 2.24. The van der Waals surface area contributed by atoms with Crippen LogP contribution in [0.3, 0.4) is 0 Å². The third kappa shape index (κ3) is 7.76. The van der Waals surface area contributed by atoms with Gasteiger partial charge >= 0.3 is 0 Å². The van der Waals surface area contributed by atoms with Crippen LogP contribution in [0.25, 0.3) is 0 Å². The van der Waals surface area contributed by atoms with Gasteiger partial charge in [-0.1, -0.05) is 24.1 Å². The second kappa shape index (κ2) is 12.6. The van der Waals surface area contributed by atoms with E-state index < -0.39 is 6.10 Å². The zero-order chi connectivity index (χ0) is 21.9. The van der Waals surface area contributed by atoms with Crippen molar-refractivity contribution in [3.63, 3.8) is 0 Å². The Morgan fingerprint density at radius 3 is 2.84 bits per heavy atom. The summed E-state index contributed by atoms with van der Waals surface area (Å²) in [6, 6.07) is 10.9. The Morgan fingerprint density at radius 2 is 2.06 bits per heavy atom. The van der Waals surface area contributed by atoms with Gasteiger partial charge in [-0.25, -0.2) is 4.39 Å². The van der Waals surface area contributed by atoms with Crippen molar-refractivity contribution >= 4 is 0 Å². The van der Waals surface area contributed by atoms with E-state index in [4.69, 9.17) is 15.9 Å². The fourth-order valence-corrected chi connectivity index (χ4v) is 4.00. The van der Waals surface area contributed by atoms with Crippen LogP contribution in [-0.2, 0) is 22.6 Å². The molecule has 0 amide bonds. The molecule has 0 radical (unpaired) electrons. The molecule has 0 aliphatic carbocycles. The molecule has 1 fully saturated rings. The summed E-state index contributed by atoms with van der Waals surface area (Å²) < 4.78 is 27.0. The van der Waals surface area contributed by atoms with Gasteiger partial charge in [0.25, 0.3) is 0 Å². The quantitative estimate of drug-likeness (QED) is 0.298. The van der Waals surface area contributed by atoms with Crippen LogP contribution < -0.4 is 9.80 Å². The number of terminal acetylenes is 1. The summed E-state index contributed by atoms with van der Waals surface area (Å²) in [6.45, 7) is 7.83. The molecule has 2 aromatic rings. The Balaban J connectivity index is 1.63. The molecule has 0 saturated carbocycles. The Morgan fingerprint density at radius 1 is 1.26 bits per heavy atom.